The summed E-state index contributed by atoms with van der Waals surface area (Å²) in [5.41, 5.74) is 5.90. The summed E-state index contributed by atoms with van der Waals surface area (Å²) in [5.74, 6) is 0. The Bertz CT molecular complexity index is 250. The summed E-state index contributed by atoms with van der Waals surface area (Å²) in [7, 11) is 6.13. The van der Waals surface area contributed by atoms with Crippen LogP contribution in [0.5, 0.6) is 0 Å². The topological polar surface area (TPSA) is 0 Å². The summed E-state index contributed by atoms with van der Waals surface area (Å²) < 4.78 is 0.246. The first kappa shape index (κ1) is 10.5. The first-order valence-corrected chi connectivity index (χ1v) is 8.21. The fourth-order valence-corrected chi connectivity index (χ4v) is 4.75. The first-order valence-electron chi connectivity index (χ1n) is 4.04. The van der Waals surface area contributed by atoms with Crippen LogP contribution in [0.4, 0.5) is 0 Å². The van der Waals surface area contributed by atoms with E-state index in [4.69, 9.17) is 9.58 Å². The predicted molar refractivity (Wildman–Crippen MR) is 51.0 cm³/mol. The summed E-state index contributed by atoms with van der Waals surface area (Å²) in [4.78, 5) is 0. The van der Waals surface area contributed by atoms with Crippen molar-refractivity contribution in [2.45, 2.75) is 38.5 Å². The zero-order valence-corrected chi connectivity index (χ0v) is 11.4. The van der Waals surface area contributed by atoms with Gasteiger partial charge in [0.25, 0.3) is 0 Å². The van der Waals surface area contributed by atoms with Gasteiger partial charge < -0.3 is 0 Å². The van der Waals surface area contributed by atoms with E-state index < -0.39 is 0 Å². The van der Waals surface area contributed by atoms with E-state index in [-0.39, 0.29) is 20.6 Å². The van der Waals surface area contributed by atoms with Crippen LogP contribution in [0.1, 0.15) is 34.6 Å². The SMILES string of the molecule is CC1=C(C)[C](C)([Ir+][Cl])C(C)=C1C. The van der Waals surface area contributed by atoms with E-state index in [0.29, 0.717) is 0 Å². The monoisotopic (exact) mass is 363 g/mol. The third-order valence-corrected chi connectivity index (χ3v) is 7.95. The molecule has 0 saturated carbocycles. The molecule has 0 amide bonds. The van der Waals surface area contributed by atoms with E-state index in [1.54, 1.807) is 0 Å². The maximum absolute atomic E-state index is 6.13. The van der Waals surface area contributed by atoms with E-state index in [9.17, 15) is 0 Å². The Morgan fingerprint density at radius 3 is 1.50 bits per heavy atom. The molecule has 0 saturated heterocycles. The molecule has 0 atom stereocenters. The van der Waals surface area contributed by atoms with Crippen LogP contribution in [0.15, 0.2) is 22.3 Å². The van der Waals surface area contributed by atoms with Crippen LogP contribution in [0.2, 0.25) is 3.93 Å². The van der Waals surface area contributed by atoms with Crippen molar-refractivity contribution in [3.63, 3.8) is 0 Å². The van der Waals surface area contributed by atoms with E-state index in [1.165, 1.54) is 22.3 Å². The van der Waals surface area contributed by atoms with Gasteiger partial charge in [-0.2, -0.15) is 0 Å². The van der Waals surface area contributed by atoms with Crippen LogP contribution < -0.4 is 0 Å². The van der Waals surface area contributed by atoms with E-state index in [2.05, 4.69) is 34.6 Å². The van der Waals surface area contributed by atoms with Gasteiger partial charge in [0, 0.05) is 0 Å². The van der Waals surface area contributed by atoms with Crippen molar-refractivity contribution in [3.8, 4) is 0 Å². The molecule has 0 bridgehead atoms. The van der Waals surface area contributed by atoms with E-state index in [0.717, 1.165) is 0 Å². The standard InChI is InChI=1S/C10H15.ClH.Ir/c1-6-7(2)9(4)10(5)8(6)3;;/h1-5H3;1H;/q;;+2/p-1. The van der Waals surface area contributed by atoms with Gasteiger partial charge in [0.05, 0.1) is 0 Å². The van der Waals surface area contributed by atoms with Gasteiger partial charge in [0.15, 0.2) is 0 Å². The average Bonchev–Trinajstić information content (AvgIpc) is 2.22. The summed E-state index contributed by atoms with van der Waals surface area (Å²) in [6, 6.07) is 0. The Labute approximate surface area is 87.0 Å². The number of halogens is 1. The molecule has 0 aromatic heterocycles. The van der Waals surface area contributed by atoms with Crippen LogP contribution in [0, 0.1) is 0 Å². The Kier molecular flexibility index (Phi) is 2.88. The van der Waals surface area contributed by atoms with Crippen molar-refractivity contribution in [1.29, 1.82) is 0 Å². The van der Waals surface area contributed by atoms with Gasteiger partial charge in [-0.1, -0.05) is 0 Å². The molecule has 0 spiro atoms. The Balaban J connectivity index is 3.25. The van der Waals surface area contributed by atoms with E-state index >= 15 is 0 Å². The second-order valence-corrected chi connectivity index (χ2v) is 7.40. The van der Waals surface area contributed by atoms with Crippen LogP contribution in [-0.4, -0.2) is 0 Å². The van der Waals surface area contributed by atoms with Crippen molar-refractivity contribution >= 4 is 9.58 Å². The molecule has 0 aromatic rings. The summed E-state index contributed by atoms with van der Waals surface area (Å²) in [6.07, 6.45) is 0. The maximum atomic E-state index is 6.13. The Hall–Kier alpha value is 0.419. The van der Waals surface area contributed by atoms with Crippen LogP contribution in [0.25, 0.3) is 0 Å². The van der Waals surface area contributed by atoms with Gasteiger partial charge >= 0.3 is 87.1 Å². The number of hydrogen-bond donors (Lipinski definition) is 0. The molecule has 0 radical (unpaired) electrons. The van der Waals surface area contributed by atoms with Crippen molar-refractivity contribution in [3.05, 3.63) is 22.3 Å². The molecule has 0 nitrogen and oxygen atoms in total. The minimum absolute atomic E-state index is 0.246. The molecule has 1 rings (SSSR count). The van der Waals surface area contributed by atoms with Gasteiger partial charge in [-0.3, -0.25) is 0 Å². The molecule has 0 unspecified atom stereocenters. The molecule has 0 aromatic carbocycles. The second kappa shape index (κ2) is 3.29. The van der Waals surface area contributed by atoms with Crippen LogP contribution in [0.3, 0.4) is 0 Å². The van der Waals surface area contributed by atoms with Gasteiger partial charge in [0.1, 0.15) is 0 Å². The minimum atomic E-state index is -0.388. The van der Waals surface area contributed by atoms with Crippen molar-refractivity contribution in [2.75, 3.05) is 0 Å². The quantitative estimate of drug-likeness (QED) is 0.659. The van der Waals surface area contributed by atoms with Gasteiger partial charge in [-0.15, -0.1) is 0 Å². The van der Waals surface area contributed by atoms with Crippen molar-refractivity contribution < 1.29 is 16.7 Å². The fourth-order valence-electron chi connectivity index (χ4n) is 1.63. The Morgan fingerprint density at radius 2 is 1.33 bits per heavy atom. The molecule has 12 heavy (non-hydrogen) atoms. The molecule has 1 aliphatic rings. The predicted octanol–water partition coefficient (Wildman–Crippen LogP) is 4.09. The molecule has 0 aliphatic heterocycles. The van der Waals surface area contributed by atoms with Gasteiger partial charge in [0.2, 0.25) is 0 Å². The third kappa shape index (κ3) is 1.23. The number of allylic oxidation sites excluding steroid dienone is 4. The van der Waals surface area contributed by atoms with Crippen LogP contribution in [-0.2, 0) is 16.7 Å². The third-order valence-electron chi connectivity index (χ3n) is 3.19. The summed E-state index contributed by atoms with van der Waals surface area (Å²) in [6.45, 7) is 11.1. The number of hydrogen-bond acceptors (Lipinski definition) is 0. The normalized spacial score (nSPS) is 22.8. The molecule has 70 valence electrons. The van der Waals surface area contributed by atoms with Crippen molar-refractivity contribution in [2.24, 2.45) is 0 Å². The zero-order valence-electron chi connectivity index (χ0n) is 8.21. The first-order chi connectivity index (χ1) is 5.45. The zero-order chi connectivity index (χ0) is 9.52. The molecule has 2 heteroatoms. The molecular weight excluding hydrogens is 348 g/mol. The molecule has 1 aliphatic carbocycles. The molecule has 0 heterocycles. The average molecular weight is 363 g/mol. The number of rotatable bonds is 1. The summed E-state index contributed by atoms with van der Waals surface area (Å²) >= 11 is -0.388. The molecular formula is C10H15ClIr+. The molecule has 0 fully saturated rings. The fraction of sp³-hybridized carbons (Fsp3) is 0.600. The van der Waals surface area contributed by atoms with Gasteiger partial charge in [-0.05, 0) is 0 Å². The second-order valence-electron chi connectivity index (χ2n) is 3.52. The van der Waals surface area contributed by atoms with Crippen molar-refractivity contribution in [1.82, 2.24) is 0 Å². The summed E-state index contributed by atoms with van der Waals surface area (Å²) in [5, 5.41) is 0. The molecule has 0 N–H and O–H groups in total. The Morgan fingerprint density at radius 1 is 1.00 bits per heavy atom. The van der Waals surface area contributed by atoms with E-state index in [1.807, 2.05) is 0 Å². The van der Waals surface area contributed by atoms with Crippen LogP contribution >= 0.6 is 9.58 Å². The van der Waals surface area contributed by atoms with Gasteiger partial charge in [-0.25, -0.2) is 0 Å².